The Morgan fingerprint density at radius 3 is 2.57 bits per heavy atom. The van der Waals surface area contributed by atoms with Gasteiger partial charge in [-0.3, -0.25) is 4.68 Å². The lowest BCUT2D eigenvalue weighted by Gasteiger charge is -2.30. The summed E-state index contributed by atoms with van der Waals surface area (Å²) in [5.41, 5.74) is 1.90. The highest BCUT2D eigenvalue weighted by Crippen LogP contribution is 2.35. The van der Waals surface area contributed by atoms with E-state index in [1.807, 2.05) is 31.3 Å². The van der Waals surface area contributed by atoms with Crippen LogP contribution in [0.3, 0.4) is 0 Å². The van der Waals surface area contributed by atoms with Gasteiger partial charge in [-0.1, -0.05) is 23.7 Å². The minimum absolute atomic E-state index is 0.273. The van der Waals surface area contributed by atoms with Gasteiger partial charge in [-0.15, -0.1) is 0 Å². The van der Waals surface area contributed by atoms with Crippen molar-refractivity contribution in [3.63, 3.8) is 0 Å². The molecule has 2 heterocycles. The van der Waals surface area contributed by atoms with Crippen molar-refractivity contribution in [3.8, 4) is 17.0 Å². The summed E-state index contributed by atoms with van der Waals surface area (Å²) in [5, 5.41) is 4.86. The van der Waals surface area contributed by atoms with Crippen LogP contribution in [0.5, 0.6) is 5.75 Å². The summed E-state index contributed by atoms with van der Waals surface area (Å²) < 4.78 is 8.03. The number of rotatable bonds is 3. The van der Waals surface area contributed by atoms with Crippen molar-refractivity contribution < 1.29 is 4.74 Å². The number of hydrogen-bond donors (Lipinski definition) is 0. The molecule has 0 aliphatic carbocycles. The molecule has 0 N–H and O–H groups in total. The molecule has 0 radical (unpaired) electrons. The van der Waals surface area contributed by atoms with Crippen LogP contribution in [-0.2, 0) is 7.05 Å². The quantitative estimate of drug-likeness (QED) is 0.872. The molecule has 0 atom stereocenters. The summed E-state index contributed by atoms with van der Waals surface area (Å²) in [6.45, 7) is 2.17. The fourth-order valence-corrected chi connectivity index (χ4v) is 3.03. The Morgan fingerprint density at radius 1 is 1.19 bits per heavy atom. The normalized spacial score (nSPS) is 17.1. The smallest absolute Gasteiger partial charge is 0.129 e. The van der Waals surface area contributed by atoms with E-state index in [2.05, 4.69) is 17.0 Å². The standard InChI is InChI=1S/C16H20ClN3O/c1-19-9-7-12(8-10-19)21-15-6-4-3-5-13(15)16-14(17)11-18-20(16)2/h3-6,11-12H,7-10H2,1-2H3. The molecule has 5 heteroatoms. The predicted octanol–water partition coefficient (Wildman–Crippen LogP) is 3.21. The third-order valence-electron chi connectivity index (χ3n) is 4.00. The van der Waals surface area contributed by atoms with Crippen LogP contribution in [0.15, 0.2) is 30.5 Å². The first-order chi connectivity index (χ1) is 10.1. The molecule has 1 fully saturated rings. The van der Waals surface area contributed by atoms with Crippen molar-refractivity contribution in [2.45, 2.75) is 18.9 Å². The van der Waals surface area contributed by atoms with Crippen LogP contribution in [0.25, 0.3) is 11.3 Å². The van der Waals surface area contributed by atoms with Gasteiger partial charge in [-0.05, 0) is 32.0 Å². The van der Waals surface area contributed by atoms with Gasteiger partial charge in [0.05, 0.1) is 16.9 Å². The monoisotopic (exact) mass is 305 g/mol. The molecule has 1 aromatic carbocycles. The number of hydrogen-bond acceptors (Lipinski definition) is 3. The fourth-order valence-electron chi connectivity index (χ4n) is 2.76. The fraction of sp³-hybridized carbons (Fsp3) is 0.438. The summed E-state index contributed by atoms with van der Waals surface area (Å²) in [6, 6.07) is 8.04. The Hall–Kier alpha value is -1.52. The lowest BCUT2D eigenvalue weighted by atomic mass is 10.1. The number of ether oxygens (including phenoxy) is 1. The van der Waals surface area contributed by atoms with Gasteiger partial charge in [0.25, 0.3) is 0 Å². The van der Waals surface area contributed by atoms with Crippen LogP contribution in [0.1, 0.15) is 12.8 Å². The summed E-state index contributed by atoms with van der Waals surface area (Å²) in [4.78, 5) is 2.34. The molecule has 3 rings (SSSR count). The van der Waals surface area contributed by atoms with E-state index in [9.17, 15) is 0 Å². The molecule has 4 nitrogen and oxygen atoms in total. The molecule has 1 saturated heterocycles. The Kier molecular flexibility index (Phi) is 4.17. The maximum atomic E-state index is 6.27. The minimum Gasteiger partial charge on any atom is -0.490 e. The van der Waals surface area contributed by atoms with E-state index in [4.69, 9.17) is 16.3 Å². The second-order valence-corrected chi connectivity index (χ2v) is 5.99. The van der Waals surface area contributed by atoms with Crippen molar-refractivity contribution in [1.29, 1.82) is 0 Å². The SMILES string of the molecule is CN1CCC(Oc2ccccc2-c2c(Cl)cnn2C)CC1. The number of nitrogens with zero attached hydrogens (tertiary/aromatic N) is 3. The molecule has 1 aliphatic rings. The van der Waals surface area contributed by atoms with Crippen LogP contribution in [0.4, 0.5) is 0 Å². The molecule has 0 unspecified atom stereocenters. The number of halogens is 1. The number of aromatic nitrogens is 2. The lowest BCUT2D eigenvalue weighted by molar-refractivity contribution is 0.115. The summed E-state index contributed by atoms with van der Waals surface area (Å²) in [5.74, 6) is 0.887. The molecule has 0 spiro atoms. The molecule has 0 saturated carbocycles. The van der Waals surface area contributed by atoms with Gasteiger partial charge in [0.1, 0.15) is 11.9 Å². The first-order valence-electron chi connectivity index (χ1n) is 7.27. The zero-order chi connectivity index (χ0) is 14.8. The molecule has 2 aromatic rings. The largest absolute Gasteiger partial charge is 0.490 e. The van der Waals surface area contributed by atoms with Gasteiger partial charge in [-0.2, -0.15) is 5.10 Å². The van der Waals surface area contributed by atoms with Gasteiger partial charge in [0.15, 0.2) is 0 Å². The van der Waals surface area contributed by atoms with Crippen LogP contribution in [-0.4, -0.2) is 40.9 Å². The van der Waals surface area contributed by atoms with Crippen LogP contribution in [0, 0.1) is 0 Å². The Bertz CT molecular complexity index is 598. The van der Waals surface area contributed by atoms with Crippen molar-refractivity contribution in [2.75, 3.05) is 20.1 Å². The second-order valence-electron chi connectivity index (χ2n) is 5.58. The van der Waals surface area contributed by atoms with E-state index in [1.54, 1.807) is 10.9 Å². The number of aryl methyl sites for hydroxylation is 1. The summed E-state index contributed by atoms with van der Waals surface area (Å²) in [6.07, 6.45) is 4.06. The predicted molar refractivity (Wildman–Crippen MR) is 84.8 cm³/mol. The summed E-state index contributed by atoms with van der Waals surface area (Å²) in [7, 11) is 4.05. The molecule has 1 aromatic heterocycles. The molecule has 0 bridgehead atoms. The number of para-hydroxylation sites is 1. The number of piperidine rings is 1. The van der Waals surface area contributed by atoms with Crippen molar-refractivity contribution in [3.05, 3.63) is 35.5 Å². The van der Waals surface area contributed by atoms with Crippen molar-refractivity contribution in [1.82, 2.24) is 14.7 Å². The number of benzene rings is 1. The van der Waals surface area contributed by atoms with Gasteiger partial charge >= 0.3 is 0 Å². The van der Waals surface area contributed by atoms with E-state index < -0.39 is 0 Å². The maximum Gasteiger partial charge on any atom is 0.129 e. The highest BCUT2D eigenvalue weighted by atomic mass is 35.5. The topological polar surface area (TPSA) is 30.3 Å². The van der Waals surface area contributed by atoms with Gasteiger partial charge in [-0.25, -0.2) is 0 Å². The average molecular weight is 306 g/mol. The second kappa shape index (κ2) is 6.08. The van der Waals surface area contributed by atoms with Crippen molar-refractivity contribution >= 4 is 11.6 Å². The molecular formula is C16H20ClN3O. The Labute approximate surface area is 130 Å². The van der Waals surface area contributed by atoms with Gasteiger partial charge in [0.2, 0.25) is 0 Å². The van der Waals surface area contributed by atoms with E-state index in [-0.39, 0.29) is 6.10 Å². The van der Waals surface area contributed by atoms with E-state index >= 15 is 0 Å². The summed E-state index contributed by atoms with van der Waals surface area (Å²) >= 11 is 6.27. The zero-order valence-electron chi connectivity index (χ0n) is 12.4. The molecule has 112 valence electrons. The Balaban J connectivity index is 1.87. The van der Waals surface area contributed by atoms with Gasteiger partial charge < -0.3 is 9.64 Å². The lowest BCUT2D eigenvalue weighted by Crippen LogP contribution is -2.35. The molecule has 0 amide bonds. The van der Waals surface area contributed by atoms with E-state index in [1.165, 1.54) is 0 Å². The first-order valence-corrected chi connectivity index (χ1v) is 7.65. The third-order valence-corrected chi connectivity index (χ3v) is 4.27. The van der Waals surface area contributed by atoms with E-state index in [0.717, 1.165) is 42.9 Å². The van der Waals surface area contributed by atoms with Gasteiger partial charge in [0, 0.05) is 25.7 Å². The molecule has 1 aliphatic heterocycles. The average Bonchev–Trinajstić information content (AvgIpc) is 2.81. The number of likely N-dealkylation sites (tertiary alicyclic amines) is 1. The van der Waals surface area contributed by atoms with E-state index in [0.29, 0.717) is 5.02 Å². The maximum absolute atomic E-state index is 6.27. The van der Waals surface area contributed by atoms with Crippen LogP contribution in [0.2, 0.25) is 5.02 Å². The Morgan fingerprint density at radius 2 is 1.90 bits per heavy atom. The minimum atomic E-state index is 0.273. The third kappa shape index (κ3) is 3.06. The highest BCUT2D eigenvalue weighted by molar-refractivity contribution is 6.33. The highest BCUT2D eigenvalue weighted by Gasteiger charge is 2.20. The van der Waals surface area contributed by atoms with Crippen LogP contribution < -0.4 is 4.74 Å². The molecular weight excluding hydrogens is 286 g/mol. The van der Waals surface area contributed by atoms with Crippen LogP contribution >= 0.6 is 11.6 Å². The first kappa shape index (κ1) is 14.4. The molecule has 21 heavy (non-hydrogen) atoms. The zero-order valence-corrected chi connectivity index (χ0v) is 13.2. The van der Waals surface area contributed by atoms with Crippen molar-refractivity contribution in [2.24, 2.45) is 7.05 Å².